The molecule has 0 fully saturated rings. The molecule has 0 N–H and O–H groups in total. The zero-order chi connectivity index (χ0) is 11.0. The van der Waals surface area contributed by atoms with Gasteiger partial charge in [0.25, 0.3) is 0 Å². The SMILES string of the molecule is Brc1ccc(-c2ncc3n2CCCC3)cc1. The lowest BCUT2D eigenvalue weighted by molar-refractivity contribution is 0.536. The molecule has 0 radical (unpaired) electrons. The molecule has 0 bridgehead atoms. The zero-order valence-corrected chi connectivity index (χ0v) is 10.6. The molecule has 2 nitrogen and oxygen atoms in total. The maximum atomic E-state index is 4.55. The molecule has 2 aromatic rings. The van der Waals surface area contributed by atoms with Gasteiger partial charge < -0.3 is 4.57 Å². The van der Waals surface area contributed by atoms with Crippen molar-refractivity contribution in [3.8, 4) is 11.4 Å². The Morgan fingerprint density at radius 2 is 1.94 bits per heavy atom. The van der Waals surface area contributed by atoms with Crippen molar-refractivity contribution in [2.75, 3.05) is 0 Å². The zero-order valence-electron chi connectivity index (χ0n) is 8.99. The summed E-state index contributed by atoms with van der Waals surface area (Å²) in [6, 6.07) is 8.38. The van der Waals surface area contributed by atoms with Gasteiger partial charge in [0.1, 0.15) is 5.82 Å². The van der Waals surface area contributed by atoms with E-state index in [0.717, 1.165) is 16.8 Å². The van der Waals surface area contributed by atoms with Crippen molar-refractivity contribution < 1.29 is 0 Å². The van der Waals surface area contributed by atoms with Crippen LogP contribution >= 0.6 is 15.9 Å². The summed E-state index contributed by atoms with van der Waals surface area (Å²) < 4.78 is 3.47. The molecule has 0 saturated carbocycles. The summed E-state index contributed by atoms with van der Waals surface area (Å²) in [5, 5.41) is 0. The predicted molar refractivity (Wildman–Crippen MR) is 68.3 cm³/mol. The maximum absolute atomic E-state index is 4.55. The van der Waals surface area contributed by atoms with Crippen molar-refractivity contribution >= 4 is 15.9 Å². The molecular formula is C13H13BrN2. The second kappa shape index (κ2) is 4.06. The van der Waals surface area contributed by atoms with Gasteiger partial charge >= 0.3 is 0 Å². The molecule has 0 unspecified atom stereocenters. The van der Waals surface area contributed by atoms with E-state index in [4.69, 9.17) is 0 Å². The summed E-state index contributed by atoms with van der Waals surface area (Å²) in [6.45, 7) is 1.11. The molecule has 0 spiro atoms. The monoisotopic (exact) mass is 276 g/mol. The van der Waals surface area contributed by atoms with Gasteiger partial charge in [-0.25, -0.2) is 4.98 Å². The third kappa shape index (κ3) is 1.69. The third-order valence-corrected chi connectivity index (χ3v) is 3.63. The number of benzene rings is 1. The highest BCUT2D eigenvalue weighted by molar-refractivity contribution is 9.10. The van der Waals surface area contributed by atoms with E-state index in [2.05, 4.69) is 49.7 Å². The molecule has 1 aliphatic rings. The minimum atomic E-state index is 1.11. The minimum Gasteiger partial charge on any atom is -0.328 e. The van der Waals surface area contributed by atoms with Crippen LogP contribution in [0.2, 0.25) is 0 Å². The van der Waals surface area contributed by atoms with Crippen LogP contribution in [0.15, 0.2) is 34.9 Å². The van der Waals surface area contributed by atoms with Crippen molar-refractivity contribution in [2.24, 2.45) is 0 Å². The molecule has 3 heteroatoms. The van der Waals surface area contributed by atoms with Crippen LogP contribution in [0.3, 0.4) is 0 Å². The van der Waals surface area contributed by atoms with Crippen molar-refractivity contribution in [1.82, 2.24) is 9.55 Å². The van der Waals surface area contributed by atoms with Gasteiger partial charge in [-0.2, -0.15) is 0 Å². The smallest absolute Gasteiger partial charge is 0.140 e. The summed E-state index contributed by atoms with van der Waals surface area (Å²) in [6.07, 6.45) is 5.76. The fourth-order valence-electron chi connectivity index (χ4n) is 2.27. The highest BCUT2D eigenvalue weighted by Crippen LogP contribution is 2.25. The first kappa shape index (κ1) is 10.1. The number of aromatic nitrogens is 2. The van der Waals surface area contributed by atoms with Crippen LogP contribution in [0.4, 0.5) is 0 Å². The molecule has 3 rings (SSSR count). The standard InChI is InChI=1S/C13H13BrN2/c14-11-6-4-10(5-7-11)13-15-9-12-3-1-2-8-16(12)13/h4-7,9H,1-3,8H2. The molecule has 1 aromatic heterocycles. The molecule has 1 aromatic carbocycles. The first-order chi connectivity index (χ1) is 7.84. The van der Waals surface area contributed by atoms with Crippen LogP contribution in [0.25, 0.3) is 11.4 Å². The Morgan fingerprint density at radius 1 is 1.12 bits per heavy atom. The van der Waals surface area contributed by atoms with Crippen LogP contribution in [-0.2, 0) is 13.0 Å². The second-order valence-electron chi connectivity index (χ2n) is 4.19. The third-order valence-electron chi connectivity index (χ3n) is 3.11. The van der Waals surface area contributed by atoms with E-state index < -0.39 is 0 Å². The Hall–Kier alpha value is -1.09. The quantitative estimate of drug-likeness (QED) is 0.778. The van der Waals surface area contributed by atoms with Crippen LogP contribution in [-0.4, -0.2) is 9.55 Å². The Bertz CT molecular complexity index is 499. The first-order valence-corrected chi connectivity index (χ1v) is 6.44. The Kier molecular flexibility index (Phi) is 2.56. The number of fused-ring (bicyclic) bond motifs is 1. The Balaban J connectivity index is 2.06. The predicted octanol–water partition coefficient (Wildman–Crippen LogP) is 3.65. The molecular weight excluding hydrogens is 264 g/mol. The molecule has 82 valence electrons. The van der Waals surface area contributed by atoms with Gasteiger partial charge in [0.2, 0.25) is 0 Å². The normalized spacial score (nSPS) is 14.8. The summed E-state index contributed by atoms with van der Waals surface area (Å²) >= 11 is 3.46. The van der Waals surface area contributed by atoms with E-state index in [1.807, 2.05) is 6.20 Å². The van der Waals surface area contributed by atoms with Crippen LogP contribution < -0.4 is 0 Å². The van der Waals surface area contributed by atoms with E-state index in [1.54, 1.807) is 0 Å². The van der Waals surface area contributed by atoms with Gasteiger partial charge in [-0.15, -0.1) is 0 Å². The average Bonchev–Trinajstić information content (AvgIpc) is 2.74. The summed E-state index contributed by atoms with van der Waals surface area (Å²) in [5.74, 6) is 1.11. The Labute approximate surface area is 103 Å². The van der Waals surface area contributed by atoms with E-state index in [1.165, 1.54) is 30.5 Å². The van der Waals surface area contributed by atoms with Gasteiger partial charge in [-0.3, -0.25) is 0 Å². The molecule has 1 aliphatic heterocycles. The van der Waals surface area contributed by atoms with Crippen molar-refractivity contribution in [3.63, 3.8) is 0 Å². The second-order valence-corrected chi connectivity index (χ2v) is 5.10. The lowest BCUT2D eigenvalue weighted by Crippen LogP contribution is -2.10. The minimum absolute atomic E-state index is 1.11. The van der Waals surface area contributed by atoms with E-state index in [0.29, 0.717) is 0 Å². The molecule has 0 amide bonds. The number of rotatable bonds is 1. The molecule has 16 heavy (non-hydrogen) atoms. The number of aryl methyl sites for hydroxylation is 1. The Morgan fingerprint density at radius 3 is 2.75 bits per heavy atom. The lowest BCUT2D eigenvalue weighted by Gasteiger charge is -2.16. The summed E-state index contributed by atoms with van der Waals surface area (Å²) in [5.41, 5.74) is 2.58. The van der Waals surface area contributed by atoms with Crippen LogP contribution in [0.1, 0.15) is 18.5 Å². The number of halogens is 1. The molecule has 0 aliphatic carbocycles. The number of hydrogen-bond donors (Lipinski definition) is 0. The van der Waals surface area contributed by atoms with Crippen molar-refractivity contribution in [3.05, 3.63) is 40.6 Å². The lowest BCUT2D eigenvalue weighted by atomic mass is 10.1. The molecule has 0 saturated heterocycles. The van der Waals surface area contributed by atoms with Crippen LogP contribution in [0.5, 0.6) is 0 Å². The van der Waals surface area contributed by atoms with Crippen molar-refractivity contribution in [2.45, 2.75) is 25.8 Å². The molecule has 2 heterocycles. The average molecular weight is 277 g/mol. The summed E-state index contributed by atoms with van der Waals surface area (Å²) in [7, 11) is 0. The molecule has 0 atom stereocenters. The number of hydrogen-bond acceptors (Lipinski definition) is 1. The number of imidazole rings is 1. The van der Waals surface area contributed by atoms with E-state index in [9.17, 15) is 0 Å². The van der Waals surface area contributed by atoms with Gasteiger partial charge in [-0.1, -0.05) is 28.1 Å². The van der Waals surface area contributed by atoms with Crippen molar-refractivity contribution in [1.29, 1.82) is 0 Å². The number of nitrogens with zero attached hydrogens (tertiary/aromatic N) is 2. The summed E-state index contributed by atoms with van der Waals surface area (Å²) in [4.78, 5) is 4.55. The fourth-order valence-corrected chi connectivity index (χ4v) is 2.53. The first-order valence-electron chi connectivity index (χ1n) is 5.65. The van der Waals surface area contributed by atoms with Gasteiger partial charge in [0.05, 0.1) is 0 Å². The largest absolute Gasteiger partial charge is 0.328 e. The van der Waals surface area contributed by atoms with Gasteiger partial charge in [0, 0.05) is 28.5 Å². The topological polar surface area (TPSA) is 17.8 Å². The maximum Gasteiger partial charge on any atom is 0.140 e. The van der Waals surface area contributed by atoms with Gasteiger partial charge in [-0.05, 0) is 31.4 Å². The van der Waals surface area contributed by atoms with Crippen LogP contribution in [0, 0.1) is 0 Å². The highest BCUT2D eigenvalue weighted by atomic mass is 79.9. The van der Waals surface area contributed by atoms with E-state index in [-0.39, 0.29) is 0 Å². The fraction of sp³-hybridized carbons (Fsp3) is 0.308. The highest BCUT2D eigenvalue weighted by Gasteiger charge is 2.14. The van der Waals surface area contributed by atoms with Gasteiger partial charge in [0.15, 0.2) is 0 Å². The van der Waals surface area contributed by atoms with E-state index >= 15 is 0 Å².